The van der Waals surface area contributed by atoms with Crippen LogP contribution in [-0.2, 0) is 0 Å². The Morgan fingerprint density at radius 2 is 1.84 bits per heavy atom. The third kappa shape index (κ3) is 3.27. The Labute approximate surface area is 139 Å². The summed E-state index contributed by atoms with van der Waals surface area (Å²) in [6.07, 6.45) is 0. The van der Waals surface area contributed by atoms with Gasteiger partial charge in [0, 0.05) is 14.5 Å². The molecule has 0 amide bonds. The molecule has 0 radical (unpaired) electrons. The molecule has 0 aliphatic carbocycles. The average Bonchev–Trinajstić information content (AvgIpc) is 2.41. The molecule has 1 nitrogen and oxygen atoms in total. The number of alkyl halides is 1. The van der Waals surface area contributed by atoms with Crippen molar-refractivity contribution in [3.8, 4) is 5.75 Å². The number of rotatable bonds is 3. The van der Waals surface area contributed by atoms with Gasteiger partial charge in [0.25, 0.3) is 0 Å². The van der Waals surface area contributed by atoms with Gasteiger partial charge in [0.15, 0.2) is 0 Å². The summed E-state index contributed by atoms with van der Waals surface area (Å²) >= 11 is 19.7. The van der Waals surface area contributed by atoms with Crippen molar-refractivity contribution in [1.82, 2.24) is 0 Å². The first-order chi connectivity index (χ1) is 9.04. The van der Waals surface area contributed by atoms with Gasteiger partial charge in [-0.1, -0.05) is 39.7 Å². The lowest BCUT2D eigenvalue weighted by molar-refractivity contribution is 0.410. The minimum absolute atomic E-state index is 0.377. The zero-order valence-electron chi connectivity index (χ0n) is 9.96. The van der Waals surface area contributed by atoms with E-state index in [1.54, 1.807) is 7.11 Å². The molecule has 0 saturated carbocycles. The molecule has 2 aromatic rings. The number of methoxy groups -OCH3 is 1. The van der Waals surface area contributed by atoms with E-state index in [0.717, 1.165) is 25.8 Å². The molecular formula is C14H10Br2Cl2O. The summed E-state index contributed by atoms with van der Waals surface area (Å²) < 4.78 is 7.12. The van der Waals surface area contributed by atoms with Gasteiger partial charge in [-0.2, -0.15) is 0 Å². The molecule has 5 heteroatoms. The van der Waals surface area contributed by atoms with Gasteiger partial charge in [-0.25, -0.2) is 0 Å². The van der Waals surface area contributed by atoms with Crippen LogP contribution < -0.4 is 4.74 Å². The van der Waals surface area contributed by atoms with Crippen LogP contribution in [0.2, 0.25) is 5.02 Å². The summed E-state index contributed by atoms with van der Waals surface area (Å²) in [5.41, 5.74) is 1.72. The van der Waals surface area contributed by atoms with E-state index in [1.165, 1.54) is 0 Å². The van der Waals surface area contributed by atoms with Crippen LogP contribution in [0, 0.1) is 0 Å². The van der Waals surface area contributed by atoms with E-state index in [1.807, 2.05) is 36.4 Å². The fourth-order valence-corrected chi connectivity index (χ4v) is 3.19. The third-order valence-corrected chi connectivity index (χ3v) is 4.99. The Morgan fingerprint density at radius 1 is 1.11 bits per heavy atom. The zero-order chi connectivity index (χ0) is 14.0. The summed E-state index contributed by atoms with van der Waals surface area (Å²) in [6.45, 7) is 0. The van der Waals surface area contributed by atoms with E-state index in [2.05, 4.69) is 31.9 Å². The highest BCUT2D eigenvalue weighted by molar-refractivity contribution is 9.10. The lowest BCUT2D eigenvalue weighted by Gasteiger charge is -2.16. The summed E-state index contributed by atoms with van der Waals surface area (Å²) in [5, 5.41) is 0.238. The summed E-state index contributed by atoms with van der Waals surface area (Å²) in [4.78, 5) is 0. The molecule has 19 heavy (non-hydrogen) atoms. The van der Waals surface area contributed by atoms with Crippen LogP contribution in [0.1, 0.15) is 16.5 Å². The normalized spacial score (nSPS) is 12.3. The number of ether oxygens (including phenoxy) is 1. The maximum absolute atomic E-state index is 6.56. The maximum atomic E-state index is 6.56. The van der Waals surface area contributed by atoms with Gasteiger partial charge < -0.3 is 4.74 Å². The molecule has 0 spiro atoms. The molecule has 100 valence electrons. The quantitative estimate of drug-likeness (QED) is 0.533. The number of hydrogen-bond acceptors (Lipinski definition) is 1. The first kappa shape index (κ1) is 15.2. The average molecular weight is 425 g/mol. The van der Waals surface area contributed by atoms with Crippen molar-refractivity contribution in [3.05, 3.63) is 61.5 Å². The lowest BCUT2D eigenvalue weighted by atomic mass is 10.0. The Balaban J connectivity index is 2.52. The van der Waals surface area contributed by atoms with E-state index in [9.17, 15) is 0 Å². The van der Waals surface area contributed by atoms with Gasteiger partial charge in [-0.3, -0.25) is 0 Å². The van der Waals surface area contributed by atoms with Crippen molar-refractivity contribution in [2.75, 3.05) is 7.11 Å². The zero-order valence-corrected chi connectivity index (χ0v) is 14.6. The SMILES string of the molecule is COc1ccc(Br)cc1C(Cl)c1cccc(Br)c1Cl. The van der Waals surface area contributed by atoms with Crippen molar-refractivity contribution in [3.63, 3.8) is 0 Å². The first-order valence-electron chi connectivity index (χ1n) is 5.46. The van der Waals surface area contributed by atoms with E-state index >= 15 is 0 Å². The Bertz CT molecular complexity index is 602. The van der Waals surface area contributed by atoms with Crippen molar-refractivity contribution in [2.45, 2.75) is 5.38 Å². The molecule has 0 saturated heterocycles. The molecule has 1 unspecified atom stereocenters. The molecule has 0 N–H and O–H groups in total. The topological polar surface area (TPSA) is 9.23 Å². The molecule has 0 heterocycles. The van der Waals surface area contributed by atoms with Gasteiger partial charge >= 0.3 is 0 Å². The van der Waals surface area contributed by atoms with Gasteiger partial charge in [0.1, 0.15) is 5.75 Å². The molecule has 0 fully saturated rings. The molecule has 0 aliphatic rings. The molecule has 0 aromatic heterocycles. The minimum Gasteiger partial charge on any atom is -0.496 e. The predicted molar refractivity (Wildman–Crippen MR) is 87.5 cm³/mol. The monoisotopic (exact) mass is 422 g/mol. The Kier molecular flexibility index (Phi) is 5.18. The maximum Gasteiger partial charge on any atom is 0.123 e. The first-order valence-corrected chi connectivity index (χ1v) is 7.86. The van der Waals surface area contributed by atoms with E-state index < -0.39 is 0 Å². The van der Waals surface area contributed by atoms with E-state index in [-0.39, 0.29) is 5.38 Å². The molecule has 1 atom stereocenters. The fourth-order valence-electron chi connectivity index (χ4n) is 1.79. The van der Waals surface area contributed by atoms with Gasteiger partial charge in [0.05, 0.1) is 17.5 Å². The summed E-state index contributed by atoms with van der Waals surface area (Å²) in [7, 11) is 1.62. The van der Waals surface area contributed by atoms with Gasteiger partial charge in [-0.05, 0) is 45.8 Å². The molecule has 0 bridgehead atoms. The number of benzene rings is 2. The van der Waals surface area contributed by atoms with Crippen molar-refractivity contribution >= 4 is 55.1 Å². The second kappa shape index (κ2) is 6.49. The van der Waals surface area contributed by atoms with Gasteiger partial charge in [0.2, 0.25) is 0 Å². The molecule has 2 rings (SSSR count). The molecule has 0 aliphatic heterocycles. The van der Waals surface area contributed by atoms with Gasteiger partial charge in [-0.15, -0.1) is 11.6 Å². The standard InChI is InChI=1S/C14H10Br2Cl2O/c1-19-12-6-5-8(15)7-10(12)13(17)9-3-2-4-11(16)14(9)18/h2-7,13H,1H3. The number of halogens is 4. The highest BCUT2D eigenvalue weighted by Crippen LogP contribution is 2.41. The minimum atomic E-state index is -0.377. The number of hydrogen-bond donors (Lipinski definition) is 0. The van der Waals surface area contributed by atoms with Crippen molar-refractivity contribution < 1.29 is 4.74 Å². The second-order valence-corrected chi connectivity index (χ2v) is 6.48. The lowest BCUT2D eigenvalue weighted by Crippen LogP contribution is -1.98. The summed E-state index contributed by atoms with van der Waals surface area (Å²) in [5.74, 6) is 0.735. The predicted octanol–water partition coefficient (Wildman–Crippen LogP) is 6.20. The van der Waals surface area contributed by atoms with Crippen LogP contribution in [0.3, 0.4) is 0 Å². The van der Waals surface area contributed by atoms with E-state index in [0.29, 0.717) is 5.02 Å². The highest BCUT2D eigenvalue weighted by Gasteiger charge is 2.19. The highest BCUT2D eigenvalue weighted by atomic mass is 79.9. The van der Waals surface area contributed by atoms with E-state index in [4.69, 9.17) is 27.9 Å². The Morgan fingerprint density at radius 3 is 2.53 bits per heavy atom. The molecule has 2 aromatic carbocycles. The van der Waals surface area contributed by atoms with Crippen LogP contribution in [0.4, 0.5) is 0 Å². The van der Waals surface area contributed by atoms with Crippen LogP contribution in [0.25, 0.3) is 0 Å². The van der Waals surface area contributed by atoms with Crippen molar-refractivity contribution in [1.29, 1.82) is 0 Å². The van der Waals surface area contributed by atoms with Crippen LogP contribution in [0.5, 0.6) is 5.75 Å². The van der Waals surface area contributed by atoms with Crippen LogP contribution in [0.15, 0.2) is 45.3 Å². The largest absolute Gasteiger partial charge is 0.496 e. The van der Waals surface area contributed by atoms with Crippen molar-refractivity contribution in [2.24, 2.45) is 0 Å². The van der Waals surface area contributed by atoms with Crippen LogP contribution >= 0.6 is 55.1 Å². The smallest absolute Gasteiger partial charge is 0.123 e. The Hall–Kier alpha value is -0.220. The summed E-state index contributed by atoms with van der Waals surface area (Å²) in [6, 6.07) is 11.4. The molecular weight excluding hydrogens is 415 g/mol. The third-order valence-electron chi connectivity index (χ3n) is 2.72. The fraction of sp³-hybridized carbons (Fsp3) is 0.143. The second-order valence-electron chi connectivity index (χ2n) is 3.89. The van der Waals surface area contributed by atoms with Crippen LogP contribution in [-0.4, -0.2) is 7.11 Å².